The molecular formula is C30H31ClN4O4. The number of ether oxygens (including phenoxy) is 1. The van der Waals surface area contributed by atoms with Gasteiger partial charge in [-0.1, -0.05) is 29.3 Å². The lowest BCUT2D eigenvalue weighted by Gasteiger charge is -2.37. The van der Waals surface area contributed by atoms with Crippen LogP contribution in [0.3, 0.4) is 0 Å². The summed E-state index contributed by atoms with van der Waals surface area (Å²) >= 11 is 5.95. The van der Waals surface area contributed by atoms with Crippen LogP contribution in [-0.4, -0.2) is 80.0 Å². The van der Waals surface area contributed by atoms with Gasteiger partial charge in [0.25, 0.3) is 17.7 Å². The molecule has 2 aliphatic heterocycles. The van der Waals surface area contributed by atoms with Crippen molar-refractivity contribution in [3.05, 3.63) is 94.0 Å². The number of benzene rings is 3. The predicted octanol–water partition coefficient (Wildman–Crippen LogP) is 4.34. The summed E-state index contributed by atoms with van der Waals surface area (Å²) in [4.78, 5) is 45.2. The van der Waals surface area contributed by atoms with Crippen molar-refractivity contribution in [3.63, 3.8) is 0 Å². The Hall–Kier alpha value is -3.88. The molecule has 0 atom stereocenters. The maximum atomic E-state index is 13.6. The molecule has 2 heterocycles. The van der Waals surface area contributed by atoms with Crippen molar-refractivity contribution in [2.24, 2.45) is 0 Å². The molecule has 9 heteroatoms. The molecule has 2 fully saturated rings. The lowest BCUT2D eigenvalue weighted by molar-refractivity contribution is 0.0303. The second kappa shape index (κ2) is 11.9. The van der Waals surface area contributed by atoms with E-state index in [4.69, 9.17) is 16.3 Å². The van der Waals surface area contributed by atoms with E-state index in [2.05, 4.69) is 10.2 Å². The van der Waals surface area contributed by atoms with Gasteiger partial charge in [0.1, 0.15) is 0 Å². The summed E-state index contributed by atoms with van der Waals surface area (Å²) in [5.41, 5.74) is 4.10. The van der Waals surface area contributed by atoms with E-state index in [1.165, 1.54) is 0 Å². The number of piperazine rings is 1. The highest BCUT2D eigenvalue weighted by atomic mass is 35.5. The van der Waals surface area contributed by atoms with Crippen molar-refractivity contribution in [2.75, 3.05) is 62.7 Å². The first-order chi connectivity index (χ1) is 18.9. The van der Waals surface area contributed by atoms with E-state index < -0.39 is 0 Å². The molecule has 3 amide bonds. The van der Waals surface area contributed by atoms with Crippen LogP contribution < -0.4 is 10.2 Å². The van der Waals surface area contributed by atoms with Crippen LogP contribution in [0.2, 0.25) is 5.02 Å². The third-order valence-electron chi connectivity index (χ3n) is 7.10. The first kappa shape index (κ1) is 26.7. The second-order valence-corrected chi connectivity index (χ2v) is 10.2. The van der Waals surface area contributed by atoms with Gasteiger partial charge in [-0.15, -0.1) is 0 Å². The van der Waals surface area contributed by atoms with Gasteiger partial charge in [0.15, 0.2) is 0 Å². The van der Waals surface area contributed by atoms with Gasteiger partial charge in [-0.3, -0.25) is 14.4 Å². The zero-order valence-corrected chi connectivity index (χ0v) is 22.6. The normalized spacial score (nSPS) is 15.7. The number of amides is 3. The largest absolute Gasteiger partial charge is 0.378 e. The molecular weight excluding hydrogens is 516 g/mol. The quantitative estimate of drug-likeness (QED) is 0.515. The van der Waals surface area contributed by atoms with E-state index >= 15 is 0 Å². The number of aryl methyl sites for hydroxylation is 1. The van der Waals surface area contributed by atoms with Gasteiger partial charge in [0.2, 0.25) is 0 Å². The molecule has 0 spiro atoms. The van der Waals surface area contributed by atoms with Crippen molar-refractivity contribution in [2.45, 2.75) is 6.92 Å². The maximum Gasteiger partial charge on any atom is 0.256 e. The summed E-state index contributed by atoms with van der Waals surface area (Å²) in [6.45, 7) is 6.30. The van der Waals surface area contributed by atoms with Crippen molar-refractivity contribution in [1.29, 1.82) is 0 Å². The maximum absolute atomic E-state index is 13.6. The van der Waals surface area contributed by atoms with Crippen LogP contribution in [0.25, 0.3) is 0 Å². The van der Waals surface area contributed by atoms with Crippen LogP contribution in [0.4, 0.5) is 11.4 Å². The lowest BCUT2D eigenvalue weighted by atomic mass is 10.1. The van der Waals surface area contributed by atoms with E-state index in [1.54, 1.807) is 35.2 Å². The number of morpholine rings is 1. The fraction of sp³-hybridized carbons (Fsp3) is 0.300. The topological polar surface area (TPSA) is 82.2 Å². The van der Waals surface area contributed by atoms with E-state index in [0.29, 0.717) is 79.9 Å². The van der Waals surface area contributed by atoms with Gasteiger partial charge in [-0.25, -0.2) is 0 Å². The summed E-state index contributed by atoms with van der Waals surface area (Å²) in [7, 11) is 0. The fourth-order valence-corrected chi connectivity index (χ4v) is 4.96. The molecule has 0 unspecified atom stereocenters. The highest BCUT2D eigenvalue weighted by Gasteiger charge is 2.27. The highest BCUT2D eigenvalue weighted by molar-refractivity contribution is 6.30. The summed E-state index contributed by atoms with van der Waals surface area (Å²) in [6.07, 6.45) is 0. The minimum absolute atomic E-state index is 0.0135. The van der Waals surface area contributed by atoms with Gasteiger partial charge in [-0.2, -0.15) is 0 Å². The zero-order valence-electron chi connectivity index (χ0n) is 21.9. The molecule has 2 saturated heterocycles. The molecule has 1 N–H and O–H groups in total. The Morgan fingerprint density at radius 3 is 2.03 bits per heavy atom. The standard InChI is InChI=1S/C30H31ClN4O4/c1-21-2-4-23(5-3-21)29(37)34-14-12-33(13-15-34)27-11-10-25(32-28(36)22-6-8-24(31)9-7-22)20-26(27)30(38)35-16-18-39-19-17-35/h2-11,20H,12-19H2,1H3,(H,32,36). The Kier molecular flexibility index (Phi) is 8.14. The molecule has 2 aliphatic rings. The molecule has 5 rings (SSSR count). The van der Waals surface area contributed by atoms with E-state index in [9.17, 15) is 14.4 Å². The summed E-state index contributed by atoms with van der Waals surface area (Å²) < 4.78 is 5.44. The molecule has 0 saturated carbocycles. The lowest BCUT2D eigenvalue weighted by Crippen LogP contribution is -2.49. The molecule has 39 heavy (non-hydrogen) atoms. The Labute approximate surface area is 233 Å². The van der Waals surface area contributed by atoms with Crippen LogP contribution in [0.5, 0.6) is 0 Å². The molecule has 0 radical (unpaired) electrons. The smallest absolute Gasteiger partial charge is 0.256 e. The fourth-order valence-electron chi connectivity index (χ4n) is 4.83. The molecule has 0 aromatic heterocycles. The van der Waals surface area contributed by atoms with Gasteiger partial charge in [-0.05, 0) is 61.5 Å². The molecule has 3 aromatic rings. The molecule has 202 valence electrons. The monoisotopic (exact) mass is 546 g/mol. The zero-order chi connectivity index (χ0) is 27.4. The van der Waals surface area contributed by atoms with Crippen LogP contribution in [0, 0.1) is 6.92 Å². The Morgan fingerprint density at radius 2 is 1.36 bits per heavy atom. The Balaban J connectivity index is 1.35. The van der Waals surface area contributed by atoms with Gasteiger partial charge in [0, 0.05) is 66.8 Å². The minimum Gasteiger partial charge on any atom is -0.378 e. The number of carbonyl (C=O) groups is 3. The third-order valence-corrected chi connectivity index (χ3v) is 7.35. The molecule has 0 bridgehead atoms. The van der Waals surface area contributed by atoms with Crippen molar-refractivity contribution in [3.8, 4) is 0 Å². The Morgan fingerprint density at radius 1 is 0.744 bits per heavy atom. The summed E-state index contributed by atoms with van der Waals surface area (Å²) in [6, 6.07) is 19.7. The number of anilines is 2. The SMILES string of the molecule is Cc1ccc(C(=O)N2CCN(c3ccc(NC(=O)c4ccc(Cl)cc4)cc3C(=O)N3CCOCC3)CC2)cc1. The van der Waals surface area contributed by atoms with Crippen molar-refractivity contribution in [1.82, 2.24) is 9.80 Å². The molecule has 8 nitrogen and oxygen atoms in total. The van der Waals surface area contributed by atoms with Gasteiger partial charge >= 0.3 is 0 Å². The first-order valence-corrected chi connectivity index (χ1v) is 13.5. The van der Waals surface area contributed by atoms with Crippen LogP contribution in [0.1, 0.15) is 36.6 Å². The van der Waals surface area contributed by atoms with E-state index in [0.717, 1.165) is 11.3 Å². The Bertz CT molecular complexity index is 1350. The average molecular weight is 547 g/mol. The number of rotatable bonds is 5. The predicted molar refractivity (Wildman–Crippen MR) is 152 cm³/mol. The first-order valence-electron chi connectivity index (χ1n) is 13.1. The number of hydrogen-bond donors (Lipinski definition) is 1. The van der Waals surface area contributed by atoms with Crippen LogP contribution in [0.15, 0.2) is 66.7 Å². The molecule has 3 aromatic carbocycles. The third kappa shape index (κ3) is 6.24. The minimum atomic E-state index is -0.285. The number of halogens is 1. The van der Waals surface area contributed by atoms with Crippen molar-refractivity contribution >= 4 is 40.7 Å². The number of carbonyl (C=O) groups excluding carboxylic acids is 3. The average Bonchev–Trinajstić information content (AvgIpc) is 2.97. The van der Waals surface area contributed by atoms with Crippen molar-refractivity contribution < 1.29 is 19.1 Å². The highest BCUT2D eigenvalue weighted by Crippen LogP contribution is 2.28. The summed E-state index contributed by atoms with van der Waals surface area (Å²) in [5, 5.41) is 3.45. The van der Waals surface area contributed by atoms with Gasteiger partial charge in [0.05, 0.1) is 18.8 Å². The number of hydrogen-bond acceptors (Lipinski definition) is 5. The number of nitrogens with zero attached hydrogens (tertiary/aromatic N) is 3. The molecule has 0 aliphatic carbocycles. The summed E-state index contributed by atoms with van der Waals surface area (Å²) in [5.74, 6) is -0.374. The van der Waals surface area contributed by atoms with Crippen LogP contribution >= 0.6 is 11.6 Å². The van der Waals surface area contributed by atoms with Gasteiger partial charge < -0.3 is 24.8 Å². The second-order valence-electron chi connectivity index (χ2n) is 9.74. The van der Waals surface area contributed by atoms with E-state index in [1.807, 2.05) is 48.2 Å². The van der Waals surface area contributed by atoms with Crippen LogP contribution in [-0.2, 0) is 4.74 Å². The van der Waals surface area contributed by atoms with E-state index in [-0.39, 0.29) is 17.7 Å². The number of nitrogens with one attached hydrogen (secondary N) is 1.